The van der Waals surface area contributed by atoms with Gasteiger partial charge in [-0.25, -0.2) is 0 Å². The lowest BCUT2D eigenvalue weighted by Crippen LogP contribution is -2.43. The Morgan fingerprint density at radius 2 is 2.17 bits per heavy atom. The second-order valence-corrected chi connectivity index (χ2v) is 5.10. The molecule has 4 nitrogen and oxygen atoms in total. The lowest BCUT2D eigenvalue weighted by molar-refractivity contribution is -0.123. The fourth-order valence-corrected chi connectivity index (χ4v) is 1.97. The van der Waals surface area contributed by atoms with Crippen LogP contribution in [0.3, 0.4) is 0 Å². The smallest absolute Gasteiger partial charge is 0.240 e. The molecule has 1 atom stereocenters. The van der Waals surface area contributed by atoms with Crippen LogP contribution in [0.15, 0.2) is 18.2 Å². The molecule has 1 aliphatic rings. The van der Waals surface area contributed by atoms with Crippen LogP contribution in [-0.4, -0.2) is 18.6 Å². The van der Waals surface area contributed by atoms with E-state index in [9.17, 15) is 4.79 Å². The van der Waals surface area contributed by atoms with Crippen LogP contribution in [-0.2, 0) is 4.79 Å². The summed E-state index contributed by atoms with van der Waals surface area (Å²) in [6.07, 6.45) is 1.55. The molecule has 1 aromatic carbocycles. The zero-order valence-electron chi connectivity index (χ0n) is 11.1. The van der Waals surface area contributed by atoms with Crippen LogP contribution in [0.1, 0.15) is 36.9 Å². The SMILES string of the molecule is COc1ccc(C)cc1C(C)NC(=O)C1(N)CC1. The van der Waals surface area contributed by atoms with Crippen LogP contribution in [0.25, 0.3) is 0 Å². The summed E-state index contributed by atoms with van der Waals surface area (Å²) >= 11 is 0. The lowest BCUT2D eigenvalue weighted by Gasteiger charge is -2.20. The van der Waals surface area contributed by atoms with Gasteiger partial charge in [0.15, 0.2) is 0 Å². The van der Waals surface area contributed by atoms with E-state index in [-0.39, 0.29) is 11.9 Å². The van der Waals surface area contributed by atoms with Gasteiger partial charge in [0.1, 0.15) is 5.75 Å². The molecule has 98 valence electrons. The second-order valence-electron chi connectivity index (χ2n) is 5.10. The number of amides is 1. The Kier molecular flexibility index (Phi) is 3.30. The van der Waals surface area contributed by atoms with E-state index in [2.05, 4.69) is 5.32 Å². The molecule has 0 aromatic heterocycles. The van der Waals surface area contributed by atoms with Gasteiger partial charge in [-0.05, 0) is 32.8 Å². The van der Waals surface area contributed by atoms with E-state index in [0.717, 1.165) is 29.7 Å². The van der Waals surface area contributed by atoms with E-state index in [1.54, 1.807) is 7.11 Å². The lowest BCUT2D eigenvalue weighted by atomic mass is 10.0. The maximum absolute atomic E-state index is 11.9. The molecule has 1 unspecified atom stereocenters. The predicted octanol–water partition coefficient (Wildman–Crippen LogP) is 1.67. The van der Waals surface area contributed by atoms with E-state index >= 15 is 0 Å². The van der Waals surface area contributed by atoms with Gasteiger partial charge in [-0.2, -0.15) is 0 Å². The van der Waals surface area contributed by atoms with Crippen molar-refractivity contribution in [2.24, 2.45) is 5.73 Å². The summed E-state index contributed by atoms with van der Waals surface area (Å²) in [5, 5.41) is 2.96. The number of carbonyl (C=O) groups excluding carboxylic acids is 1. The van der Waals surface area contributed by atoms with Gasteiger partial charge in [0, 0.05) is 5.56 Å². The third-order valence-electron chi connectivity index (χ3n) is 3.44. The highest BCUT2D eigenvalue weighted by molar-refractivity contribution is 5.89. The van der Waals surface area contributed by atoms with Crippen molar-refractivity contribution in [3.05, 3.63) is 29.3 Å². The van der Waals surface area contributed by atoms with Crippen molar-refractivity contribution in [3.8, 4) is 5.75 Å². The standard InChI is InChI=1S/C14H20N2O2/c1-9-4-5-12(18-3)11(8-9)10(2)16-13(17)14(15)6-7-14/h4-5,8,10H,6-7,15H2,1-3H3,(H,16,17). The molecule has 1 aromatic rings. The molecule has 1 saturated carbocycles. The highest BCUT2D eigenvalue weighted by Crippen LogP contribution is 2.33. The van der Waals surface area contributed by atoms with Gasteiger partial charge in [-0.1, -0.05) is 17.7 Å². The Morgan fingerprint density at radius 1 is 1.50 bits per heavy atom. The highest BCUT2D eigenvalue weighted by atomic mass is 16.5. The topological polar surface area (TPSA) is 64.3 Å². The Labute approximate surface area is 108 Å². The number of carbonyl (C=O) groups is 1. The molecule has 4 heteroatoms. The van der Waals surface area contributed by atoms with Crippen LogP contribution in [0, 0.1) is 6.92 Å². The Morgan fingerprint density at radius 3 is 2.72 bits per heavy atom. The van der Waals surface area contributed by atoms with Crippen molar-refractivity contribution >= 4 is 5.91 Å². The zero-order chi connectivity index (χ0) is 13.3. The summed E-state index contributed by atoms with van der Waals surface area (Å²) in [6, 6.07) is 5.83. The largest absolute Gasteiger partial charge is 0.496 e. The number of rotatable bonds is 4. The van der Waals surface area contributed by atoms with Crippen molar-refractivity contribution in [2.75, 3.05) is 7.11 Å². The quantitative estimate of drug-likeness (QED) is 0.852. The molecule has 2 rings (SSSR count). The van der Waals surface area contributed by atoms with E-state index < -0.39 is 5.54 Å². The first-order chi connectivity index (χ1) is 8.46. The Bertz CT molecular complexity index is 467. The van der Waals surface area contributed by atoms with Crippen molar-refractivity contribution in [2.45, 2.75) is 38.3 Å². The van der Waals surface area contributed by atoms with E-state index in [4.69, 9.17) is 10.5 Å². The van der Waals surface area contributed by atoms with E-state index in [1.807, 2.05) is 32.0 Å². The van der Waals surface area contributed by atoms with Gasteiger partial charge < -0.3 is 15.8 Å². The summed E-state index contributed by atoms with van der Waals surface area (Å²) < 4.78 is 5.32. The van der Waals surface area contributed by atoms with Gasteiger partial charge in [0.05, 0.1) is 18.7 Å². The van der Waals surface area contributed by atoms with Gasteiger partial charge in [0.2, 0.25) is 5.91 Å². The summed E-state index contributed by atoms with van der Waals surface area (Å²) in [6.45, 7) is 3.96. The minimum Gasteiger partial charge on any atom is -0.496 e. The number of benzene rings is 1. The maximum atomic E-state index is 11.9. The monoisotopic (exact) mass is 248 g/mol. The molecule has 0 radical (unpaired) electrons. The number of ether oxygens (including phenoxy) is 1. The predicted molar refractivity (Wildman–Crippen MR) is 70.4 cm³/mol. The molecule has 3 N–H and O–H groups in total. The molecule has 1 aliphatic carbocycles. The molecule has 1 fully saturated rings. The number of nitrogens with one attached hydrogen (secondary N) is 1. The Balaban J connectivity index is 2.15. The molecule has 0 saturated heterocycles. The van der Waals surface area contributed by atoms with Crippen molar-refractivity contribution in [3.63, 3.8) is 0 Å². The third-order valence-corrected chi connectivity index (χ3v) is 3.44. The first-order valence-electron chi connectivity index (χ1n) is 6.21. The fourth-order valence-electron chi connectivity index (χ4n) is 1.97. The second kappa shape index (κ2) is 4.61. The minimum absolute atomic E-state index is 0.0708. The van der Waals surface area contributed by atoms with Gasteiger partial charge in [-0.3, -0.25) is 4.79 Å². The number of aryl methyl sites for hydroxylation is 1. The summed E-state index contributed by atoms with van der Waals surface area (Å²) in [7, 11) is 1.63. The van der Waals surface area contributed by atoms with Crippen LogP contribution in [0.4, 0.5) is 0 Å². The number of hydrogen-bond donors (Lipinski definition) is 2. The van der Waals surface area contributed by atoms with Crippen molar-refractivity contribution in [1.29, 1.82) is 0 Å². The molecule has 0 bridgehead atoms. The van der Waals surface area contributed by atoms with Gasteiger partial charge >= 0.3 is 0 Å². The highest BCUT2D eigenvalue weighted by Gasteiger charge is 2.46. The number of nitrogens with two attached hydrogens (primary N) is 1. The van der Waals surface area contributed by atoms with Crippen LogP contribution in [0.2, 0.25) is 0 Å². The Hall–Kier alpha value is -1.55. The van der Waals surface area contributed by atoms with Gasteiger partial charge in [0.25, 0.3) is 0 Å². The average molecular weight is 248 g/mol. The van der Waals surface area contributed by atoms with E-state index in [0.29, 0.717) is 0 Å². The average Bonchev–Trinajstić information content (AvgIpc) is 3.08. The first kappa shape index (κ1) is 12.9. The minimum atomic E-state index is -0.634. The molecule has 18 heavy (non-hydrogen) atoms. The van der Waals surface area contributed by atoms with Crippen LogP contribution < -0.4 is 15.8 Å². The van der Waals surface area contributed by atoms with Crippen LogP contribution >= 0.6 is 0 Å². The molecule has 0 aliphatic heterocycles. The zero-order valence-corrected chi connectivity index (χ0v) is 11.1. The summed E-state index contributed by atoms with van der Waals surface area (Å²) in [5.74, 6) is 0.717. The number of methoxy groups -OCH3 is 1. The third kappa shape index (κ3) is 2.48. The normalized spacial score (nSPS) is 18.0. The van der Waals surface area contributed by atoms with Crippen molar-refractivity contribution < 1.29 is 9.53 Å². The fraction of sp³-hybridized carbons (Fsp3) is 0.500. The van der Waals surface area contributed by atoms with Gasteiger partial charge in [-0.15, -0.1) is 0 Å². The molecule has 1 amide bonds. The van der Waals surface area contributed by atoms with Crippen molar-refractivity contribution in [1.82, 2.24) is 5.32 Å². The van der Waals surface area contributed by atoms with Crippen LogP contribution in [0.5, 0.6) is 5.75 Å². The molecule has 0 spiro atoms. The summed E-state index contributed by atoms with van der Waals surface area (Å²) in [4.78, 5) is 11.9. The molecular formula is C14H20N2O2. The van der Waals surface area contributed by atoms with E-state index in [1.165, 1.54) is 0 Å². The summed E-state index contributed by atoms with van der Waals surface area (Å²) in [5.41, 5.74) is 7.36. The first-order valence-corrected chi connectivity index (χ1v) is 6.21. The molecule has 0 heterocycles. The maximum Gasteiger partial charge on any atom is 0.240 e. The molecular weight excluding hydrogens is 228 g/mol. The number of hydrogen-bond acceptors (Lipinski definition) is 3.